The lowest BCUT2D eigenvalue weighted by atomic mass is 10.2. The molecule has 1 fully saturated rings. The van der Waals surface area contributed by atoms with Crippen LogP contribution >= 0.6 is 0 Å². The van der Waals surface area contributed by atoms with E-state index in [0.717, 1.165) is 6.54 Å². The summed E-state index contributed by atoms with van der Waals surface area (Å²) < 4.78 is 14.6. The molecular formula is C14H16FN5O. The van der Waals surface area contributed by atoms with Crippen molar-refractivity contribution in [2.45, 2.75) is 13.0 Å². The van der Waals surface area contributed by atoms with Gasteiger partial charge >= 0.3 is 0 Å². The summed E-state index contributed by atoms with van der Waals surface area (Å²) in [5.74, 6) is -0.418. The van der Waals surface area contributed by atoms with Crippen molar-refractivity contribution in [3.05, 3.63) is 42.2 Å². The molecule has 1 aliphatic rings. The van der Waals surface area contributed by atoms with Gasteiger partial charge in [-0.15, -0.1) is 5.10 Å². The van der Waals surface area contributed by atoms with Gasteiger partial charge in [0.1, 0.15) is 12.1 Å². The van der Waals surface area contributed by atoms with Gasteiger partial charge in [-0.05, 0) is 25.1 Å². The van der Waals surface area contributed by atoms with Crippen LogP contribution in [0.25, 0.3) is 5.69 Å². The lowest BCUT2D eigenvalue weighted by Gasteiger charge is -2.30. The van der Waals surface area contributed by atoms with Crippen molar-refractivity contribution < 1.29 is 9.18 Å². The third kappa shape index (κ3) is 2.92. The monoisotopic (exact) mass is 289 g/mol. The first-order valence-electron chi connectivity index (χ1n) is 6.84. The molecule has 0 saturated carbocycles. The number of halogens is 1. The van der Waals surface area contributed by atoms with Gasteiger partial charge in [0.25, 0.3) is 5.91 Å². The molecule has 1 saturated heterocycles. The fraction of sp³-hybridized carbons (Fsp3) is 0.357. The summed E-state index contributed by atoms with van der Waals surface area (Å²) in [7, 11) is 0. The summed E-state index contributed by atoms with van der Waals surface area (Å²) in [4.78, 5) is 18.1. The van der Waals surface area contributed by atoms with E-state index >= 15 is 0 Å². The Morgan fingerprint density at radius 2 is 2.33 bits per heavy atom. The first-order valence-corrected chi connectivity index (χ1v) is 6.84. The first kappa shape index (κ1) is 13.7. The van der Waals surface area contributed by atoms with Crippen molar-refractivity contribution in [2.75, 3.05) is 19.6 Å². The summed E-state index contributed by atoms with van der Waals surface area (Å²) in [6, 6.07) is 6.25. The highest BCUT2D eigenvalue weighted by atomic mass is 19.1. The van der Waals surface area contributed by atoms with Crippen molar-refractivity contribution in [2.24, 2.45) is 0 Å². The largest absolute Gasteiger partial charge is 0.333 e. The van der Waals surface area contributed by atoms with E-state index in [1.54, 1.807) is 17.0 Å². The summed E-state index contributed by atoms with van der Waals surface area (Å²) in [6.45, 7) is 4.06. The Morgan fingerprint density at radius 1 is 1.48 bits per heavy atom. The van der Waals surface area contributed by atoms with Crippen LogP contribution in [0.15, 0.2) is 30.6 Å². The summed E-state index contributed by atoms with van der Waals surface area (Å²) in [6.07, 6.45) is 1.42. The van der Waals surface area contributed by atoms with Crippen LogP contribution in [-0.2, 0) is 0 Å². The summed E-state index contributed by atoms with van der Waals surface area (Å²) >= 11 is 0. The van der Waals surface area contributed by atoms with E-state index in [9.17, 15) is 9.18 Å². The fourth-order valence-electron chi connectivity index (χ4n) is 2.36. The average molecular weight is 289 g/mol. The minimum Gasteiger partial charge on any atom is -0.333 e. The van der Waals surface area contributed by atoms with Crippen LogP contribution in [0.5, 0.6) is 0 Å². The zero-order valence-electron chi connectivity index (χ0n) is 11.7. The van der Waals surface area contributed by atoms with Crippen LogP contribution in [0.1, 0.15) is 17.5 Å². The van der Waals surface area contributed by atoms with Crippen LogP contribution in [0.4, 0.5) is 4.39 Å². The standard InChI is InChI=1S/C14H16FN5O/c1-10-8-19(6-5-16-10)14(21)13-17-9-20(18-13)12-4-2-3-11(15)7-12/h2-4,7,9-10,16H,5-6,8H2,1H3. The van der Waals surface area contributed by atoms with Crippen LogP contribution < -0.4 is 5.32 Å². The quantitative estimate of drug-likeness (QED) is 0.890. The number of piperazine rings is 1. The molecule has 7 heteroatoms. The number of hydrogen-bond donors (Lipinski definition) is 1. The molecule has 21 heavy (non-hydrogen) atoms. The van der Waals surface area contributed by atoms with Crippen molar-refractivity contribution in [3.8, 4) is 5.69 Å². The molecule has 2 heterocycles. The predicted molar refractivity (Wildman–Crippen MR) is 74.7 cm³/mol. The second-order valence-electron chi connectivity index (χ2n) is 5.10. The molecule has 1 N–H and O–H groups in total. The molecule has 2 aromatic rings. The number of carbonyl (C=O) groups excluding carboxylic acids is 1. The summed E-state index contributed by atoms with van der Waals surface area (Å²) in [5, 5.41) is 7.42. The fourth-order valence-corrected chi connectivity index (χ4v) is 2.36. The van der Waals surface area contributed by atoms with E-state index in [1.807, 2.05) is 6.92 Å². The average Bonchev–Trinajstić information content (AvgIpc) is 2.96. The number of nitrogens with zero attached hydrogens (tertiary/aromatic N) is 4. The number of carbonyl (C=O) groups is 1. The van der Waals surface area contributed by atoms with Crippen molar-refractivity contribution in [3.63, 3.8) is 0 Å². The van der Waals surface area contributed by atoms with Gasteiger partial charge in [0, 0.05) is 25.7 Å². The predicted octanol–water partition coefficient (Wildman–Crippen LogP) is 0.840. The molecule has 6 nitrogen and oxygen atoms in total. The highest BCUT2D eigenvalue weighted by molar-refractivity contribution is 5.90. The van der Waals surface area contributed by atoms with Gasteiger partial charge in [-0.3, -0.25) is 4.79 Å². The normalized spacial score (nSPS) is 18.8. The lowest BCUT2D eigenvalue weighted by molar-refractivity contribution is 0.0697. The van der Waals surface area contributed by atoms with E-state index in [-0.39, 0.29) is 23.6 Å². The minimum absolute atomic E-state index is 0.133. The molecule has 1 aromatic heterocycles. The Balaban J connectivity index is 1.80. The van der Waals surface area contributed by atoms with Gasteiger partial charge in [-0.1, -0.05) is 6.07 Å². The molecule has 110 valence electrons. The Bertz CT molecular complexity index is 656. The summed E-state index contributed by atoms with van der Waals surface area (Å²) in [5.41, 5.74) is 0.537. The second kappa shape index (κ2) is 5.61. The van der Waals surface area contributed by atoms with Crippen LogP contribution in [0, 0.1) is 5.82 Å². The van der Waals surface area contributed by atoms with Crippen LogP contribution in [-0.4, -0.2) is 51.2 Å². The van der Waals surface area contributed by atoms with Crippen molar-refractivity contribution in [1.29, 1.82) is 0 Å². The zero-order valence-corrected chi connectivity index (χ0v) is 11.7. The van der Waals surface area contributed by atoms with Gasteiger partial charge < -0.3 is 10.2 Å². The van der Waals surface area contributed by atoms with Crippen LogP contribution in [0.2, 0.25) is 0 Å². The Hall–Kier alpha value is -2.28. The lowest BCUT2D eigenvalue weighted by Crippen LogP contribution is -2.51. The van der Waals surface area contributed by atoms with Gasteiger partial charge in [-0.2, -0.15) is 0 Å². The molecule has 1 aromatic carbocycles. The Labute approximate surface area is 121 Å². The van der Waals surface area contributed by atoms with E-state index in [2.05, 4.69) is 15.4 Å². The minimum atomic E-state index is -0.355. The SMILES string of the molecule is CC1CN(C(=O)c2ncn(-c3cccc(F)c3)n2)CCN1. The van der Waals surface area contributed by atoms with Gasteiger partial charge in [0.15, 0.2) is 0 Å². The van der Waals surface area contributed by atoms with Gasteiger partial charge in [-0.25, -0.2) is 14.1 Å². The maximum atomic E-state index is 13.2. The Kier molecular flexibility index (Phi) is 3.66. The van der Waals surface area contributed by atoms with E-state index in [0.29, 0.717) is 18.8 Å². The smallest absolute Gasteiger partial charge is 0.293 e. The van der Waals surface area contributed by atoms with Crippen molar-refractivity contribution >= 4 is 5.91 Å². The third-order valence-corrected chi connectivity index (χ3v) is 3.41. The molecule has 1 aliphatic heterocycles. The maximum absolute atomic E-state index is 13.2. The topological polar surface area (TPSA) is 63.1 Å². The molecular weight excluding hydrogens is 273 g/mol. The molecule has 1 unspecified atom stereocenters. The maximum Gasteiger partial charge on any atom is 0.293 e. The molecule has 1 atom stereocenters. The van der Waals surface area contributed by atoms with E-state index < -0.39 is 0 Å². The molecule has 0 spiro atoms. The van der Waals surface area contributed by atoms with Crippen LogP contribution in [0.3, 0.4) is 0 Å². The molecule has 0 bridgehead atoms. The third-order valence-electron chi connectivity index (χ3n) is 3.41. The zero-order chi connectivity index (χ0) is 14.8. The molecule has 0 aliphatic carbocycles. The number of nitrogens with one attached hydrogen (secondary N) is 1. The van der Waals surface area contributed by atoms with Gasteiger partial charge in [0.05, 0.1) is 5.69 Å². The number of rotatable bonds is 2. The molecule has 0 radical (unpaired) electrons. The number of benzene rings is 1. The number of aromatic nitrogens is 3. The first-order chi connectivity index (χ1) is 10.1. The molecule has 3 rings (SSSR count). The number of amides is 1. The van der Waals surface area contributed by atoms with Gasteiger partial charge in [0.2, 0.25) is 5.82 Å². The highest BCUT2D eigenvalue weighted by Crippen LogP contribution is 2.10. The number of hydrogen-bond acceptors (Lipinski definition) is 4. The van der Waals surface area contributed by atoms with Crippen molar-refractivity contribution in [1.82, 2.24) is 25.0 Å². The van der Waals surface area contributed by atoms with E-state index in [4.69, 9.17) is 0 Å². The van der Waals surface area contributed by atoms with E-state index in [1.165, 1.54) is 23.1 Å². The molecule has 1 amide bonds. The second-order valence-corrected chi connectivity index (χ2v) is 5.10. The Morgan fingerprint density at radius 3 is 3.10 bits per heavy atom. The highest BCUT2D eigenvalue weighted by Gasteiger charge is 2.24.